The van der Waals surface area contributed by atoms with Gasteiger partial charge in [-0.15, -0.1) is 0 Å². The van der Waals surface area contributed by atoms with Gasteiger partial charge in [0.25, 0.3) is 0 Å². The average molecular weight is 233 g/mol. The summed E-state index contributed by atoms with van der Waals surface area (Å²) >= 11 is 0. The van der Waals surface area contributed by atoms with Crippen LogP contribution in [0.25, 0.3) is 0 Å². The Labute approximate surface area is 102 Å². The second kappa shape index (κ2) is 6.09. The number of carboxylic acids is 1. The molecule has 3 heteroatoms. The van der Waals surface area contributed by atoms with Gasteiger partial charge in [-0.05, 0) is 19.1 Å². The fraction of sp³-hybridized carbons (Fsp3) is 0.357. The van der Waals surface area contributed by atoms with E-state index in [2.05, 4.69) is 6.58 Å². The van der Waals surface area contributed by atoms with Crippen molar-refractivity contribution in [3.63, 3.8) is 0 Å². The first kappa shape index (κ1) is 13.3. The van der Waals surface area contributed by atoms with Gasteiger partial charge in [-0.1, -0.05) is 37.3 Å². The van der Waals surface area contributed by atoms with Crippen molar-refractivity contribution in [2.45, 2.75) is 13.8 Å². The molecule has 1 aromatic carbocycles. The lowest BCUT2D eigenvalue weighted by molar-refractivity contribution is -0.140. The average Bonchev–Trinajstić information content (AvgIpc) is 2.28. The van der Waals surface area contributed by atoms with Crippen LogP contribution in [0.3, 0.4) is 0 Å². The zero-order chi connectivity index (χ0) is 12.8. The van der Waals surface area contributed by atoms with Crippen molar-refractivity contribution in [3.8, 4) is 0 Å². The molecule has 0 spiro atoms. The van der Waals surface area contributed by atoms with Gasteiger partial charge in [-0.3, -0.25) is 4.79 Å². The van der Waals surface area contributed by atoms with Crippen LogP contribution in [0.4, 0.5) is 5.69 Å². The molecule has 1 unspecified atom stereocenters. The van der Waals surface area contributed by atoms with Crippen molar-refractivity contribution in [3.05, 3.63) is 42.5 Å². The first-order valence-electron chi connectivity index (χ1n) is 5.68. The molecule has 3 nitrogen and oxygen atoms in total. The van der Waals surface area contributed by atoms with Crippen LogP contribution in [-0.4, -0.2) is 24.2 Å². The molecule has 0 aliphatic heterocycles. The Balaban J connectivity index is 2.81. The van der Waals surface area contributed by atoms with Crippen molar-refractivity contribution in [2.24, 2.45) is 5.92 Å². The molecule has 1 N–H and O–H groups in total. The van der Waals surface area contributed by atoms with E-state index in [1.807, 2.05) is 42.2 Å². The highest BCUT2D eigenvalue weighted by Gasteiger charge is 2.16. The molecule has 92 valence electrons. The summed E-state index contributed by atoms with van der Waals surface area (Å²) in [4.78, 5) is 12.9. The Kier molecular flexibility index (Phi) is 4.76. The van der Waals surface area contributed by atoms with E-state index in [0.717, 1.165) is 11.3 Å². The molecule has 0 bridgehead atoms. The van der Waals surface area contributed by atoms with Gasteiger partial charge < -0.3 is 10.0 Å². The molecule has 1 atom stereocenters. The standard InChI is InChI=1S/C14H19NO2/c1-11(2)9-15(10-12(3)14(16)17)13-7-5-4-6-8-13/h4-8,12H,1,9-10H2,2-3H3,(H,16,17). The van der Waals surface area contributed by atoms with Gasteiger partial charge in [0.1, 0.15) is 0 Å². The minimum Gasteiger partial charge on any atom is -0.481 e. The number of hydrogen-bond donors (Lipinski definition) is 1. The van der Waals surface area contributed by atoms with Gasteiger partial charge in [-0.25, -0.2) is 0 Å². The predicted molar refractivity (Wildman–Crippen MR) is 70.3 cm³/mol. The van der Waals surface area contributed by atoms with Crippen LogP contribution in [-0.2, 0) is 4.79 Å². The predicted octanol–water partition coefficient (Wildman–Crippen LogP) is 2.79. The maximum atomic E-state index is 10.9. The quantitative estimate of drug-likeness (QED) is 0.768. The van der Waals surface area contributed by atoms with Crippen LogP contribution in [0, 0.1) is 5.92 Å². The number of rotatable bonds is 6. The van der Waals surface area contributed by atoms with Crippen LogP contribution in [0.1, 0.15) is 13.8 Å². The first-order chi connectivity index (χ1) is 8.00. The summed E-state index contributed by atoms with van der Waals surface area (Å²) in [6.07, 6.45) is 0. The summed E-state index contributed by atoms with van der Waals surface area (Å²) in [5.74, 6) is -1.16. The van der Waals surface area contributed by atoms with Gasteiger partial charge in [0.15, 0.2) is 0 Å². The second-order valence-corrected chi connectivity index (χ2v) is 4.41. The van der Waals surface area contributed by atoms with E-state index in [-0.39, 0.29) is 0 Å². The van der Waals surface area contributed by atoms with Crippen molar-refractivity contribution < 1.29 is 9.90 Å². The van der Waals surface area contributed by atoms with E-state index in [0.29, 0.717) is 13.1 Å². The molecule has 1 rings (SSSR count). The fourth-order valence-corrected chi connectivity index (χ4v) is 1.63. The van der Waals surface area contributed by atoms with Gasteiger partial charge in [0.05, 0.1) is 5.92 Å². The highest BCUT2D eigenvalue weighted by molar-refractivity contribution is 5.70. The van der Waals surface area contributed by atoms with Crippen LogP contribution >= 0.6 is 0 Å². The lowest BCUT2D eigenvalue weighted by Gasteiger charge is -2.26. The molecular weight excluding hydrogens is 214 g/mol. The van der Waals surface area contributed by atoms with E-state index in [4.69, 9.17) is 5.11 Å². The van der Waals surface area contributed by atoms with E-state index in [1.54, 1.807) is 6.92 Å². The third-order valence-electron chi connectivity index (χ3n) is 2.50. The van der Waals surface area contributed by atoms with Crippen LogP contribution < -0.4 is 4.90 Å². The monoisotopic (exact) mass is 233 g/mol. The normalized spacial score (nSPS) is 11.9. The Morgan fingerprint density at radius 1 is 1.41 bits per heavy atom. The molecule has 0 saturated heterocycles. The maximum Gasteiger partial charge on any atom is 0.308 e. The van der Waals surface area contributed by atoms with Crippen LogP contribution in [0.15, 0.2) is 42.5 Å². The third kappa shape index (κ3) is 4.31. The van der Waals surface area contributed by atoms with E-state index in [9.17, 15) is 4.79 Å². The summed E-state index contributed by atoms with van der Waals surface area (Å²) in [6.45, 7) is 8.72. The molecule has 17 heavy (non-hydrogen) atoms. The van der Waals surface area contributed by atoms with Crippen molar-refractivity contribution in [2.75, 3.05) is 18.0 Å². The molecule has 1 aromatic rings. The zero-order valence-electron chi connectivity index (χ0n) is 10.4. The van der Waals surface area contributed by atoms with E-state index >= 15 is 0 Å². The molecule has 0 aliphatic rings. The number of benzene rings is 1. The van der Waals surface area contributed by atoms with Crippen molar-refractivity contribution >= 4 is 11.7 Å². The minimum absolute atomic E-state index is 0.394. The summed E-state index contributed by atoms with van der Waals surface area (Å²) < 4.78 is 0. The van der Waals surface area contributed by atoms with Gasteiger partial charge in [0, 0.05) is 18.8 Å². The number of anilines is 1. The largest absolute Gasteiger partial charge is 0.481 e. The van der Waals surface area contributed by atoms with Gasteiger partial charge >= 0.3 is 5.97 Å². The van der Waals surface area contributed by atoms with Gasteiger partial charge in [-0.2, -0.15) is 0 Å². The third-order valence-corrected chi connectivity index (χ3v) is 2.50. The lowest BCUT2D eigenvalue weighted by atomic mass is 10.1. The summed E-state index contributed by atoms with van der Waals surface area (Å²) in [7, 11) is 0. The number of aliphatic carboxylic acids is 1. The lowest BCUT2D eigenvalue weighted by Crippen LogP contribution is -2.33. The fourth-order valence-electron chi connectivity index (χ4n) is 1.63. The molecule has 0 radical (unpaired) electrons. The SMILES string of the molecule is C=C(C)CN(CC(C)C(=O)O)c1ccccc1. The second-order valence-electron chi connectivity index (χ2n) is 4.41. The summed E-state index contributed by atoms with van der Waals surface area (Å²) in [5, 5.41) is 8.96. The Bertz CT molecular complexity index is 386. The molecule has 0 aromatic heterocycles. The number of carboxylic acid groups (broad SMARTS) is 1. The molecular formula is C14H19NO2. The van der Waals surface area contributed by atoms with Crippen molar-refractivity contribution in [1.29, 1.82) is 0 Å². The maximum absolute atomic E-state index is 10.9. The zero-order valence-corrected chi connectivity index (χ0v) is 10.4. The van der Waals surface area contributed by atoms with Crippen molar-refractivity contribution in [1.82, 2.24) is 0 Å². The van der Waals surface area contributed by atoms with E-state index < -0.39 is 11.9 Å². The minimum atomic E-state index is -0.771. The summed E-state index contributed by atoms with van der Waals surface area (Å²) in [6, 6.07) is 9.82. The number of para-hydroxylation sites is 1. The topological polar surface area (TPSA) is 40.5 Å². The Morgan fingerprint density at radius 3 is 2.47 bits per heavy atom. The number of carbonyl (C=O) groups is 1. The van der Waals surface area contributed by atoms with E-state index in [1.165, 1.54) is 0 Å². The highest BCUT2D eigenvalue weighted by Crippen LogP contribution is 2.16. The molecule has 0 aliphatic carbocycles. The number of nitrogens with zero attached hydrogens (tertiary/aromatic N) is 1. The Hall–Kier alpha value is -1.77. The molecule has 0 saturated carbocycles. The molecule has 0 heterocycles. The molecule has 0 amide bonds. The highest BCUT2D eigenvalue weighted by atomic mass is 16.4. The summed E-state index contributed by atoms with van der Waals surface area (Å²) in [5.41, 5.74) is 2.05. The first-order valence-corrected chi connectivity index (χ1v) is 5.68. The Morgan fingerprint density at radius 2 is 2.00 bits per heavy atom. The number of hydrogen-bond acceptors (Lipinski definition) is 2. The van der Waals surface area contributed by atoms with Gasteiger partial charge in [0.2, 0.25) is 0 Å². The smallest absolute Gasteiger partial charge is 0.308 e. The van der Waals surface area contributed by atoms with Crippen LogP contribution in [0.5, 0.6) is 0 Å². The molecule has 0 fully saturated rings. The van der Waals surface area contributed by atoms with Crippen LogP contribution in [0.2, 0.25) is 0 Å².